The molecule has 1 heterocycles. The van der Waals surface area contributed by atoms with Gasteiger partial charge >= 0.3 is 0 Å². The highest BCUT2D eigenvalue weighted by molar-refractivity contribution is 5.73. The van der Waals surface area contributed by atoms with Crippen LogP contribution in [0.15, 0.2) is 22.6 Å². The predicted octanol–water partition coefficient (Wildman–Crippen LogP) is 2.52. The van der Waals surface area contributed by atoms with Crippen molar-refractivity contribution in [3.8, 4) is 0 Å². The van der Waals surface area contributed by atoms with E-state index in [4.69, 9.17) is 10.3 Å². The molecule has 0 radical (unpaired) electrons. The standard InChI is InChI=1S/C12H16N2O2/c1-12(2,3)11-14-9-6-8(7-15-13)4-5-10(9)16-11/h4-6H,7,13H2,1-3H3. The fourth-order valence-corrected chi connectivity index (χ4v) is 1.48. The maximum atomic E-state index is 5.68. The summed E-state index contributed by atoms with van der Waals surface area (Å²) >= 11 is 0. The van der Waals surface area contributed by atoms with Crippen molar-refractivity contribution in [2.45, 2.75) is 32.8 Å². The molecule has 0 saturated carbocycles. The van der Waals surface area contributed by atoms with E-state index >= 15 is 0 Å². The van der Waals surface area contributed by atoms with Gasteiger partial charge in [0.25, 0.3) is 0 Å². The number of aromatic nitrogens is 1. The highest BCUT2D eigenvalue weighted by Gasteiger charge is 2.20. The van der Waals surface area contributed by atoms with Crippen LogP contribution in [-0.4, -0.2) is 4.98 Å². The first-order valence-electron chi connectivity index (χ1n) is 5.22. The summed E-state index contributed by atoms with van der Waals surface area (Å²) < 4.78 is 5.68. The molecule has 0 spiro atoms. The first kappa shape index (κ1) is 11.1. The fraction of sp³-hybridized carbons (Fsp3) is 0.417. The lowest BCUT2D eigenvalue weighted by Crippen LogP contribution is -2.10. The summed E-state index contributed by atoms with van der Waals surface area (Å²) in [6.07, 6.45) is 0. The minimum atomic E-state index is -0.0798. The van der Waals surface area contributed by atoms with Gasteiger partial charge in [-0.15, -0.1) is 0 Å². The van der Waals surface area contributed by atoms with E-state index in [0.717, 1.165) is 22.6 Å². The molecular formula is C12H16N2O2. The first-order valence-corrected chi connectivity index (χ1v) is 5.22. The van der Waals surface area contributed by atoms with Gasteiger partial charge in [0.1, 0.15) is 5.52 Å². The lowest BCUT2D eigenvalue weighted by atomic mass is 9.97. The zero-order valence-electron chi connectivity index (χ0n) is 9.78. The van der Waals surface area contributed by atoms with Crippen molar-refractivity contribution >= 4 is 11.1 Å². The Kier molecular flexibility index (Phi) is 2.69. The van der Waals surface area contributed by atoms with E-state index in [1.807, 2.05) is 18.2 Å². The topological polar surface area (TPSA) is 61.3 Å². The van der Waals surface area contributed by atoms with E-state index in [2.05, 4.69) is 30.6 Å². The third kappa shape index (κ3) is 2.08. The maximum Gasteiger partial charge on any atom is 0.200 e. The summed E-state index contributed by atoms with van der Waals surface area (Å²) in [5.74, 6) is 5.78. The van der Waals surface area contributed by atoms with Crippen LogP contribution in [0.4, 0.5) is 0 Å². The van der Waals surface area contributed by atoms with Crippen LogP contribution >= 0.6 is 0 Å². The minimum absolute atomic E-state index is 0.0798. The van der Waals surface area contributed by atoms with Crippen LogP contribution in [0, 0.1) is 0 Å². The maximum absolute atomic E-state index is 5.68. The van der Waals surface area contributed by atoms with Gasteiger partial charge in [-0.2, -0.15) is 0 Å². The second-order valence-electron chi connectivity index (χ2n) is 4.88. The molecule has 0 amide bonds. The average Bonchev–Trinajstić information content (AvgIpc) is 2.60. The molecule has 1 aromatic heterocycles. The Bertz CT molecular complexity index is 497. The van der Waals surface area contributed by atoms with Gasteiger partial charge in [0.05, 0.1) is 6.61 Å². The molecular weight excluding hydrogens is 204 g/mol. The average molecular weight is 220 g/mol. The summed E-state index contributed by atoms with van der Waals surface area (Å²) in [6, 6.07) is 5.75. The van der Waals surface area contributed by atoms with Crippen LogP contribution in [0.2, 0.25) is 0 Å². The van der Waals surface area contributed by atoms with Crippen LogP contribution in [0.3, 0.4) is 0 Å². The molecule has 0 aliphatic carbocycles. The lowest BCUT2D eigenvalue weighted by molar-refractivity contribution is 0.124. The third-order valence-corrected chi connectivity index (χ3v) is 2.34. The van der Waals surface area contributed by atoms with Crippen LogP contribution in [-0.2, 0) is 16.9 Å². The molecule has 0 fully saturated rings. The monoisotopic (exact) mass is 220 g/mol. The molecule has 0 saturated heterocycles. The molecule has 2 rings (SSSR count). The van der Waals surface area contributed by atoms with E-state index in [0.29, 0.717) is 6.61 Å². The first-order chi connectivity index (χ1) is 7.50. The Morgan fingerprint density at radius 3 is 2.75 bits per heavy atom. The minimum Gasteiger partial charge on any atom is -0.440 e. The molecule has 2 N–H and O–H groups in total. The molecule has 0 unspecified atom stereocenters. The molecule has 4 heteroatoms. The number of rotatable bonds is 2. The van der Waals surface area contributed by atoms with Gasteiger partial charge < -0.3 is 4.42 Å². The summed E-state index contributed by atoms with van der Waals surface area (Å²) in [7, 11) is 0. The Morgan fingerprint density at radius 1 is 1.38 bits per heavy atom. The Labute approximate surface area is 94.4 Å². The van der Waals surface area contributed by atoms with Gasteiger partial charge in [-0.05, 0) is 17.7 Å². The van der Waals surface area contributed by atoms with Gasteiger partial charge in [0.15, 0.2) is 5.58 Å². The summed E-state index contributed by atoms with van der Waals surface area (Å²) in [5, 5.41) is 0. The van der Waals surface area contributed by atoms with Crippen molar-refractivity contribution in [1.29, 1.82) is 0 Å². The SMILES string of the molecule is CC(C)(C)c1nc2cc(CON)ccc2o1. The fourth-order valence-electron chi connectivity index (χ4n) is 1.48. The van der Waals surface area contributed by atoms with Crippen molar-refractivity contribution in [2.24, 2.45) is 5.90 Å². The zero-order valence-corrected chi connectivity index (χ0v) is 9.78. The second-order valence-corrected chi connectivity index (χ2v) is 4.88. The summed E-state index contributed by atoms with van der Waals surface area (Å²) in [6.45, 7) is 6.60. The van der Waals surface area contributed by atoms with Gasteiger partial charge in [-0.25, -0.2) is 10.9 Å². The summed E-state index contributed by atoms with van der Waals surface area (Å²) in [5.41, 5.74) is 2.55. The van der Waals surface area contributed by atoms with Crippen LogP contribution in [0.5, 0.6) is 0 Å². The van der Waals surface area contributed by atoms with Gasteiger partial charge in [0, 0.05) is 5.41 Å². The molecule has 2 aromatic rings. The number of hydrogen-bond acceptors (Lipinski definition) is 4. The number of oxazole rings is 1. The van der Waals surface area contributed by atoms with Crippen LogP contribution in [0.1, 0.15) is 32.2 Å². The van der Waals surface area contributed by atoms with Crippen molar-refractivity contribution in [2.75, 3.05) is 0 Å². The Balaban J connectivity index is 2.46. The Hall–Kier alpha value is -1.39. The molecule has 4 nitrogen and oxygen atoms in total. The van der Waals surface area contributed by atoms with E-state index in [1.165, 1.54) is 0 Å². The predicted molar refractivity (Wildman–Crippen MR) is 61.7 cm³/mol. The molecule has 0 aliphatic heterocycles. The van der Waals surface area contributed by atoms with E-state index in [1.54, 1.807) is 0 Å². The number of nitrogens with zero attached hydrogens (tertiary/aromatic N) is 1. The largest absolute Gasteiger partial charge is 0.440 e. The second kappa shape index (κ2) is 3.88. The highest BCUT2D eigenvalue weighted by atomic mass is 16.6. The summed E-state index contributed by atoms with van der Waals surface area (Å²) in [4.78, 5) is 9.06. The number of fused-ring (bicyclic) bond motifs is 1. The van der Waals surface area contributed by atoms with E-state index in [9.17, 15) is 0 Å². The normalized spacial score (nSPS) is 12.2. The smallest absolute Gasteiger partial charge is 0.200 e. The van der Waals surface area contributed by atoms with Crippen molar-refractivity contribution in [3.05, 3.63) is 29.7 Å². The molecule has 1 aromatic carbocycles. The van der Waals surface area contributed by atoms with Gasteiger partial charge in [-0.3, -0.25) is 4.84 Å². The van der Waals surface area contributed by atoms with Gasteiger partial charge in [0.2, 0.25) is 5.89 Å². The molecule has 86 valence electrons. The van der Waals surface area contributed by atoms with E-state index in [-0.39, 0.29) is 5.41 Å². The lowest BCUT2D eigenvalue weighted by Gasteiger charge is -2.11. The van der Waals surface area contributed by atoms with Crippen molar-refractivity contribution in [3.63, 3.8) is 0 Å². The quantitative estimate of drug-likeness (QED) is 0.790. The number of nitrogens with two attached hydrogens (primary N) is 1. The Morgan fingerprint density at radius 2 is 2.12 bits per heavy atom. The third-order valence-electron chi connectivity index (χ3n) is 2.34. The molecule has 0 aliphatic rings. The number of benzene rings is 1. The molecule has 16 heavy (non-hydrogen) atoms. The van der Waals surface area contributed by atoms with Crippen molar-refractivity contribution < 1.29 is 9.25 Å². The van der Waals surface area contributed by atoms with Crippen molar-refractivity contribution in [1.82, 2.24) is 4.98 Å². The van der Waals surface area contributed by atoms with Gasteiger partial charge in [-0.1, -0.05) is 26.8 Å². The molecule has 0 bridgehead atoms. The highest BCUT2D eigenvalue weighted by Crippen LogP contribution is 2.26. The molecule has 0 atom stereocenters. The zero-order chi connectivity index (χ0) is 11.8. The number of hydrogen-bond donors (Lipinski definition) is 1. The van der Waals surface area contributed by atoms with E-state index < -0.39 is 0 Å². The van der Waals surface area contributed by atoms with Crippen LogP contribution in [0.25, 0.3) is 11.1 Å². The van der Waals surface area contributed by atoms with Crippen LogP contribution < -0.4 is 5.90 Å².